The summed E-state index contributed by atoms with van der Waals surface area (Å²) >= 11 is 0. The predicted molar refractivity (Wildman–Crippen MR) is 125 cm³/mol. The molecule has 3 aromatic rings. The Kier molecular flexibility index (Phi) is 6.40. The van der Waals surface area contributed by atoms with Gasteiger partial charge in [-0.15, -0.1) is 0 Å². The van der Waals surface area contributed by atoms with Crippen LogP contribution in [0.4, 0.5) is 0 Å². The molecule has 4 rings (SSSR count). The molecule has 2 heterocycles. The third-order valence-corrected chi connectivity index (χ3v) is 8.13. The van der Waals surface area contributed by atoms with E-state index in [-0.39, 0.29) is 18.3 Å². The first-order valence-corrected chi connectivity index (χ1v) is 12.5. The molecule has 0 saturated carbocycles. The van der Waals surface area contributed by atoms with Crippen LogP contribution in [0.3, 0.4) is 0 Å². The highest BCUT2D eigenvalue weighted by atomic mass is 32.2. The summed E-state index contributed by atoms with van der Waals surface area (Å²) in [5.41, 5.74) is 8.91. The van der Waals surface area contributed by atoms with Crippen LogP contribution in [0.15, 0.2) is 42.6 Å². The van der Waals surface area contributed by atoms with Gasteiger partial charge in [0.1, 0.15) is 12.4 Å². The molecule has 2 aromatic carbocycles. The number of hydrogen-bond donors (Lipinski definition) is 2. The van der Waals surface area contributed by atoms with E-state index in [0.717, 1.165) is 16.5 Å². The zero-order valence-corrected chi connectivity index (χ0v) is 19.2. The lowest BCUT2D eigenvalue weighted by Gasteiger charge is -2.31. The van der Waals surface area contributed by atoms with Crippen LogP contribution in [-0.2, 0) is 16.6 Å². The first-order chi connectivity index (χ1) is 15.8. The van der Waals surface area contributed by atoms with Crippen LogP contribution >= 0.6 is 0 Å². The van der Waals surface area contributed by atoms with Gasteiger partial charge in [-0.05, 0) is 49.4 Å². The van der Waals surface area contributed by atoms with E-state index in [1.165, 1.54) is 0 Å². The molecule has 1 saturated heterocycles. The minimum absolute atomic E-state index is 0.0996. The summed E-state index contributed by atoms with van der Waals surface area (Å²) in [5, 5.41) is 10.1. The number of H-pyrrole nitrogens is 1. The van der Waals surface area contributed by atoms with Gasteiger partial charge in [-0.25, -0.2) is 12.7 Å². The normalized spacial score (nSPS) is 15.4. The van der Waals surface area contributed by atoms with Crippen molar-refractivity contribution >= 4 is 26.8 Å². The number of carbonyl (C=O) groups excluding carboxylic acids is 1. The third-order valence-electron chi connectivity index (χ3n) is 6.24. The van der Waals surface area contributed by atoms with Gasteiger partial charge in [0.2, 0.25) is 10.0 Å². The molecule has 0 aliphatic carbocycles. The lowest BCUT2D eigenvalue weighted by molar-refractivity contribution is 0.100. The smallest absolute Gasteiger partial charge is 0.250 e. The highest BCUT2D eigenvalue weighted by Gasteiger charge is 2.29. The number of nitrogens with zero attached hydrogens (tertiary/aromatic N) is 2. The number of aromatic amines is 1. The molecule has 0 radical (unpaired) electrons. The molecule has 9 heteroatoms. The summed E-state index contributed by atoms with van der Waals surface area (Å²) in [6.45, 7) is 2.78. The maximum absolute atomic E-state index is 12.2. The number of fused-ring (bicyclic) bond motifs is 1. The summed E-state index contributed by atoms with van der Waals surface area (Å²) in [6.07, 6.45) is 3.26. The predicted octanol–water partition coefficient (Wildman–Crippen LogP) is 3.25. The van der Waals surface area contributed by atoms with Crippen LogP contribution in [0.1, 0.15) is 52.7 Å². The quantitative estimate of drug-likeness (QED) is 0.552. The van der Waals surface area contributed by atoms with Gasteiger partial charge in [0, 0.05) is 30.2 Å². The minimum Gasteiger partial charge on any atom is -0.489 e. The van der Waals surface area contributed by atoms with Gasteiger partial charge in [0.25, 0.3) is 5.91 Å². The summed E-state index contributed by atoms with van der Waals surface area (Å²) < 4.78 is 31.9. The third kappa shape index (κ3) is 4.58. The van der Waals surface area contributed by atoms with E-state index in [4.69, 9.17) is 10.5 Å². The Morgan fingerprint density at radius 3 is 2.67 bits per heavy atom. The SMILES string of the molecule is CCS(=O)(=O)N1CCC(c2c[nH]c3c(C(N)=O)cc(OCc4ccccc4C#N)cc23)CC1. The lowest BCUT2D eigenvalue weighted by Crippen LogP contribution is -2.38. The number of aromatic nitrogens is 1. The molecule has 1 aliphatic rings. The Bertz CT molecular complexity index is 1330. The summed E-state index contributed by atoms with van der Waals surface area (Å²) in [5.74, 6) is 0.163. The highest BCUT2D eigenvalue weighted by Crippen LogP contribution is 2.37. The van der Waals surface area contributed by atoms with Crippen LogP contribution < -0.4 is 10.5 Å². The fourth-order valence-corrected chi connectivity index (χ4v) is 5.52. The zero-order chi connectivity index (χ0) is 23.6. The van der Waals surface area contributed by atoms with Gasteiger partial charge in [-0.3, -0.25) is 4.79 Å². The maximum Gasteiger partial charge on any atom is 0.250 e. The van der Waals surface area contributed by atoms with Gasteiger partial charge in [-0.1, -0.05) is 18.2 Å². The van der Waals surface area contributed by atoms with Crippen LogP contribution in [-0.4, -0.2) is 42.5 Å². The maximum atomic E-state index is 12.2. The molecule has 0 bridgehead atoms. The number of piperidine rings is 1. The number of nitrogens with one attached hydrogen (secondary N) is 1. The number of rotatable bonds is 7. The van der Waals surface area contributed by atoms with Crippen molar-refractivity contribution in [1.29, 1.82) is 5.26 Å². The van der Waals surface area contributed by atoms with Crippen molar-refractivity contribution < 1.29 is 17.9 Å². The number of sulfonamides is 1. The molecule has 0 spiro atoms. The molecule has 8 nitrogen and oxygen atoms in total. The molecular weight excluding hydrogens is 440 g/mol. The molecule has 0 atom stereocenters. The fourth-order valence-electron chi connectivity index (χ4n) is 4.39. The average Bonchev–Trinajstić information content (AvgIpc) is 3.26. The molecule has 1 aliphatic heterocycles. The Hall–Kier alpha value is -3.35. The van der Waals surface area contributed by atoms with Crippen molar-refractivity contribution in [3.8, 4) is 11.8 Å². The van der Waals surface area contributed by atoms with Gasteiger partial charge in [0.05, 0.1) is 28.5 Å². The number of nitrogens with two attached hydrogens (primary N) is 1. The molecule has 1 aromatic heterocycles. The second kappa shape index (κ2) is 9.25. The summed E-state index contributed by atoms with van der Waals surface area (Å²) in [6, 6.07) is 12.8. The van der Waals surface area contributed by atoms with Crippen molar-refractivity contribution in [2.24, 2.45) is 5.73 Å². The van der Waals surface area contributed by atoms with E-state index < -0.39 is 15.9 Å². The standard InChI is InChI=1S/C24H26N4O4S/c1-2-33(30,31)28-9-7-16(8-10-28)22-14-27-23-20(22)11-19(12-21(23)24(26)29)32-15-18-6-4-3-5-17(18)13-25/h3-6,11-12,14,16,27H,2,7-10,15H2,1H3,(H2,26,29). The molecule has 172 valence electrons. The van der Waals surface area contributed by atoms with Crippen molar-refractivity contribution in [3.05, 3.63) is 64.8 Å². The zero-order valence-electron chi connectivity index (χ0n) is 18.4. The number of carbonyl (C=O) groups is 1. The van der Waals surface area contributed by atoms with E-state index in [9.17, 15) is 18.5 Å². The second-order valence-corrected chi connectivity index (χ2v) is 10.4. The largest absolute Gasteiger partial charge is 0.489 e. The second-order valence-electron chi connectivity index (χ2n) is 8.13. The van der Waals surface area contributed by atoms with E-state index in [0.29, 0.717) is 48.3 Å². The molecule has 0 unspecified atom stereocenters. The molecule has 33 heavy (non-hydrogen) atoms. The first kappa shape index (κ1) is 22.8. The van der Waals surface area contributed by atoms with E-state index in [2.05, 4.69) is 11.1 Å². The number of ether oxygens (including phenoxy) is 1. The Labute approximate surface area is 193 Å². The van der Waals surface area contributed by atoms with E-state index >= 15 is 0 Å². The molecule has 1 fully saturated rings. The van der Waals surface area contributed by atoms with Crippen molar-refractivity contribution in [3.63, 3.8) is 0 Å². The fraction of sp³-hybridized carbons (Fsp3) is 0.333. The van der Waals surface area contributed by atoms with Crippen molar-refractivity contribution in [1.82, 2.24) is 9.29 Å². The van der Waals surface area contributed by atoms with Crippen LogP contribution in [0.5, 0.6) is 5.75 Å². The Morgan fingerprint density at radius 2 is 2.00 bits per heavy atom. The van der Waals surface area contributed by atoms with Crippen LogP contribution in [0.2, 0.25) is 0 Å². The van der Waals surface area contributed by atoms with Gasteiger partial charge in [-0.2, -0.15) is 5.26 Å². The van der Waals surface area contributed by atoms with E-state index in [1.807, 2.05) is 24.4 Å². The van der Waals surface area contributed by atoms with E-state index in [1.54, 1.807) is 29.4 Å². The highest BCUT2D eigenvalue weighted by molar-refractivity contribution is 7.89. The van der Waals surface area contributed by atoms with Crippen LogP contribution in [0, 0.1) is 11.3 Å². The number of primary amides is 1. The average molecular weight is 467 g/mol. The molecule has 1 amide bonds. The molecule has 3 N–H and O–H groups in total. The number of hydrogen-bond acceptors (Lipinski definition) is 5. The van der Waals surface area contributed by atoms with Crippen molar-refractivity contribution in [2.75, 3.05) is 18.8 Å². The minimum atomic E-state index is -3.20. The molecular formula is C24H26N4O4S. The summed E-state index contributed by atoms with van der Waals surface area (Å²) in [7, 11) is -3.20. The lowest BCUT2D eigenvalue weighted by atomic mass is 9.89. The van der Waals surface area contributed by atoms with Crippen molar-refractivity contribution in [2.45, 2.75) is 32.3 Å². The first-order valence-electron chi connectivity index (χ1n) is 10.9. The number of nitriles is 1. The van der Waals surface area contributed by atoms with Gasteiger partial charge < -0.3 is 15.5 Å². The topological polar surface area (TPSA) is 129 Å². The number of benzene rings is 2. The monoisotopic (exact) mass is 466 g/mol. The van der Waals surface area contributed by atoms with Gasteiger partial charge >= 0.3 is 0 Å². The van der Waals surface area contributed by atoms with Crippen LogP contribution in [0.25, 0.3) is 10.9 Å². The summed E-state index contributed by atoms with van der Waals surface area (Å²) in [4.78, 5) is 15.3. The Morgan fingerprint density at radius 1 is 1.27 bits per heavy atom. The van der Waals surface area contributed by atoms with Gasteiger partial charge in [0.15, 0.2) is 0 Å². The number of amides is 1. The Balaban J connectivity index is 1.63.